The van der Waals surface area contributed by atoms with Crippen LogP contribution >= 0.6 is 0 Å². The Kier molecular flexibility index (Phi) is 5.76. The number of amides is 1. The quantitative estimate of drug-likeness (QED) is 0.740. The highest BCUT2D eigenvalue weighted by molar-refractivity contribution is 7.88. The van der Waals surface area contributed by atoms with Crippen molar-refractivity contribution in [3.05, 3.63) is 0 Å². The molecule has 0 spiro atoms. The van der Waals surface area contributed by atoms with Crippen LogP contribution in [0.25, 0.3) is 0 Å². The van der Waals surface area contributed by atoms with Gasteiger partial charge in [0.1, 0.15) is 0 Å². The summed E-state index contributed by atoms with van der Waals surface area (Å²) >= 11 is 0. The van der Waals surface area contributed by atoms with Crippen LogP contribution in [0.2, 0.25) is 0 Å². The van der Waals surface area contributed by atoms with Gasteiger partial charge in [0.2, 0.25) is 15.9 Å². The van der Waals surface area contributed by atoms with Crippen molar-refractivity contribution in [1.29, 1.82) is 0 Å². The molecule has 0 saturated carbocycles. The smallest absolute Gasteiger partial charge is 0.239 e. The van der Waals surface area contributed by atoms with Crippen molar-refractivity contribution >= 4 is 15.9 Å². The predicted octanol–water partition coefficient (Wildman–Crippen LogP) is -0.1000. The first kappa shape index (κ1) is 16.4. The molecule has 0 bridgehead atoms. The van der Waals surface area contributed by atoms with E-state index in [-0.39, 0.29) is 11.9 Å². The molecule has 1 heterocycles. The SMILES string of the molecule is CC(C)CC(N)C(=O)N1CCCC(NS(C)(=O)=O)C1. The summed E-state index contributed by atoms with van der Waals surface area (Å²) in [5.41, 5.74) is 5.89. The summed E-state index contributed by atoms with van der Waals surface area (Å²) in [5.74, 6) is 0.294. The highest BCUT2D eigenvalue weighted by Crippen LogP contribution is 2.13. The lowest BCUT2D eigenvalue weighted by Crippen LogP contribution is -2.53. The second-order valence-electron chi connectivity index (χ2n) is 5.75. The lowest BCUT2D eigenvalue weighted by atomic mass is 10.0. The molecule has 0 radical (unpaired) electrons. The van der Waals surface area contributed by atoms with Gasteiger partial charge in [0, 0.05) is 19.1 Å². The van der Waals surface area contributed by atoms with Gasteiger partial charge in [-0.25, -0.2) is 13.1 Å². The monoisotopic (exact) mass is 291 g/mol. The average molecular weight is 291 g/mol. The zero-order valence-electron chi connectivity index (χ0n) is 11.9. The van der Waals surface area contributed by atoms with Gasteiger partial charge in [-0.15, -0.1) is 0 Å². The maximum Gasteiger partial charge on any atom is 0.239 e. The average Bonchev–Trinajstić information content (AvgIpc) is 2.25. The number of carbonyl (C=O) groups is 1. The van der Waals surface area contributed by atoms with Crippen molar-refractivity contribution in [1.82, 2.24) is 9.62 Å². The van der Waals surface area contributed by atoms with Crippen LogP contribution in [0.1, 0.15) is 33.1 Å². The van der Waals surface area contributed by atoms with Crippen LogP contribution in [-0.4, -0.2) is 50.7 Å². The number of hydrogen-bond acceptors (Lipinski definition) is 4. The number of rotatable bonds is 5. The van der Waals surface area contributed by atoms with Gasteiger partial charge in [-0.2, -0.15) is 0 Å². The Hall–Kier alpha value is -0.660. The summed E-state index contributed by atoms with van der Waals surface area (Å²) in [6.45, 7) is 5.12. The Morgan fingerprint density at radius 3 is 2.63 bits per heavy atom. The lowest BCUT2D eigenvalue weighted by Gasteiger charge is -2.34. The summed E-state index contributed by atoms with van der Waals surface area (Å²) < 4.78 is 25.0. The second kappa shape index (κ2) is 6.67. The van der Waals surface area contributed by atoms with Gasteiger partial charge in [0.15, 0.2) is 0 Å². The molecule has 0 aromatic heterocycles. The Bertz CT molecular complexity index is 408. The van der Waals surface area contributed by atoms with Crippen molar-refractivity contribution in [3.8, 4) is 0 Å². The van der Waals surface area contributed by atoms with Gasteiger partial charge < -0.3 is 10.6 Å². The fourth-order valence-electron chi connectivity index (χ4n) is 2.42. The Morgan fingerprint density at radius 1 is 1.47 bits per heavy atom. The molecule has 2 unspecified atom stereocenters. The van der Waals surface area contributed by atoms with E-state index in [1.165, 1.54) is 0 Å². The van der Waals surface area contributed by atoms with Gasteiger partial charge in [0.05, 0.1) is 12.3 Å². The number of nitrogens with zero attached hydrogens (tertiary/aromatic N) is 1. The van der Waals surface area contributed by atoms with E-state index in [4.69, 9.17) is 5.73 Å². The second-order valence-corrected chi connectivity index (χ2v) is 7.53. The molecule has 0 aromatic rings. The van der Waals surface area contributed by atoms with E-state index >= 15 is 0 Å². The number of likely N-dealkylation sites (tertiary alicyclic amines) is 1. The minimum Gasteiger partial charge on any atom is -0.340 e. The number of carbonyl (C=O) groups excluding carboxylic acids is 1. The summed E-state index contributed by atoms with van der Waals surface area (Å²) in [6, 6.07) is -0.684. The molecule has 7 heteroatoms. The van der Waals surface area contributed by atoms with Crippen LogP contribution in [0.5, 0.6) is 0 Å². The molecule has 6 nitrogen and oxygen atoms in total. The zero-order chi connectivity index (χ0) is 14.6. The fourth-order valence-corrected chi connectivity index (χ4v) is 3.22. The van der Waals surface area contributed by atoms with E-state index < -0.39 is 16.1 Å². The van der Waals surface area contributed by atoms with E-state index in [9.17, 15) is 13.2 Å². The van der Waals surface area contributed by atoms with E-state index in [1.54, 1.807) is 4.90 Å². The first-order chi connectivity index (χ1) is 8.69. The summed E-state index contributed by atoms with van der Waals surface area (Å²) in [4.78, 5) is 13.8. The molecule has 1 aliphatic rings. The summed E-state index contributed by atoms with van der Waals surface area (Å²) in [6.07, 6.45) is 3.35. The molecule has 19 heavy (non-hydrogen) atoms. The van der Waals surface area contributed by atoms with Gasteiger partial charge in [0.25, 0.3) is 0 Å². The van der Waals surface area contributed by atoms with Crippen molar-refractivity contribution < 1.29 is 13.2 Å². The Labute approximate surface area is 115 Å². The Morgan fingerprint density at radius 2 is 2.11 bits per heavy atom. The minimum absolute atomic E-state index is 0.0753. The van der Waals surface area contributed by atoms with Crippen LogP contribution in [0.4, 0.5) is 0 Å². The lowest BCUT2D eigenvalue weighted by molar-refractivity contribution is -0.134. The summed E-state index contributed by atoms with van der Waals surface area (Å²) in [7, 11) is -3.23. The van der Waals surface area contributed by atoms with Gasteiger partial charge in [-0.3, -0.25) is 4.79 Å². The molecule has 1 saturated heterocycles. The van der Waals surface area contributed by atoms with Crippen LogP contribution in [0.15, 0.2) is 0 Å². The topological polar surface area (TPSA) is 92.5 Å². The van der Waals surface area contributed by atoms with E-state index in [2.05, 4.69) is 4.72 Å². The molecular weight excluding hydrogens is 266 g/mol. The van der Waals surface area contributed by atoms with Crippen molar-refractivity contribution in [2.24, 2.45) is 11.7 Å². The first-order valence-electron chi connectivity index (χ1n) is 6.70. The van der Waals surface area contributed by atoms with Crippen LogP contribution < -0.4 is 10.5 Å². The van der Waals surface area contributed by atoms with Gasteiger partial charge in [-0.1, -0.05) is 13.8 Å². The van der Waals surface area contributed by atoms with E-state index in [0.29, 0.717) is 25.4 Å². The number of hydrogen-bond donors (Lipinski definition) is 2. The molecule has 0 aliphatic carbocycles. The molecule has 1 rings (SSSR count). The van der Waals surface area contributed by atoms with Gasteiger partial charge >= 0.3 is 0 Å². The van der Waals surface area contributed by atoms with Crippen LogP contribution in [-0.2, 0) is 14.8 Å². The Balaban J connectivity index is 2.56. The first-order valence-corrected chi connectivity index (χ1v) is 8.60. The van der Waals surface area contributed by atoms with Crippen molar-refractivity contribution in [3.63, 3.8) is 0 Å². The zero-order valence-corrected chi connectivity index (χ0v) is 12.7. The molecule has 3 N–H and O–H groups in total. The van der Waals surface area contributed by atoms with E-state index in [1.807, 2.05) is 13.8 Å². The highest BCUT2D eigenvalue weighted by atomic mass is 32.2. The highest BCUT2D eigenvalue weighted by Gasteiger charge is 2.28. The minimum atomic E-state index is -3.23. The fraction of sp³-hybridized carbons (Fsp3) is 0.917. The molecule has 1 aliphatic heterocycles. The number of sulfonamides is 1. The number of nitrogens with two attached hydrogens (primary N) is 1. The third-order valence-corrected chi connectivity index (χ3v) is 3.92. The van der Waals surface area contributed by atoms with Crippen LogP contribution in [0.3, 0.4) is 0 Å². The molecule has 0 aromatic carbocycles. The maximum absolute atomic E-state index is 12.2. The summed E-state index contributed by atoms with van der Waals surface area (Å²) in [5, 5.41) is 0. The number of piperidine rings is 1. The molecular formula is C12H25N3O3S. The predicted molar refractivity (Wildman–Crippen MR) is 75.0 cm³/mol. The van der Waals surface area contributed by atoms with Crippen molar-refractivity contribution in [2.45, 2.75) is 45.2 Å². The maximum atomic E-state index is 12.2. The number of nitrogens with one attached hydrogen (secondary N) is 1. The third kappa shape index (κ3) is 5.88. The molecule has 112 valence electrons. The normalized spacial score (nSPS) is 22.6. The van der Waals surface area contributed by atoms with Crippen molar-refractivity contribution in [2.75, 3.05) is 19.3 Å². The molecule has 1 amide bonds. The molecule has 2 atom stereocenters. The third-order valence-electron chi connectivity index (χ3n) is 3.16. The standard InChI is InChI=1S/C12H25N3O3S/c1-9(2)7-11(13)12(16)15-6-4-5-10(8-15)14-19(3,17)18/h9-11,14H,4-8,13H2,1-3H3. The largest absolute Gasteiger partial charge is 0.340 e. The molecule has 1 fully saturated rings. The van der Waals surface area contributed by atoms with E-state index in [0.717, 1.165) is 19.1 Å². The van der Waals surface area contributed by atoms with Gasteiger partial charge in [-0.05, 0) is 25.2 Å². The van der Waals surface area contributed by atoms with Crippen LogP contribution in [0, 0.1) is 5.92 Å².